The summed E-state index contributed by atoms with van der Waals surface area (Å²) in [5.41, 5.74) is 8.65. The number of nitrogens with zero attached hydrogens (tertiary/aromatic N) is 3. The minimum absolute atomic E-state index is 0.120. The third-order valence-electron chi connectivity index (χ3n) is 6.52. The van der Waals surface area contributed by atoms with Crippen molar-refractivity contribution in [2.45, 2.75) is 49.7 Å². The molecule has 2 fully saturated rings. The van der Waals surface area contributed by atoms with Crippen molar-refractivity contribution in [1.82, 2.24) is 14.7 Å². The van der Waals surface area contributed by atoms with E-state index in [0.29, 0.717) is 19.7 Å². The fraction of sp³-hybridized carbons (Fsp3) is 0.524. The summed E-state index contributed by atoms with van der Waals surface area (Å²) in [4.78, 5) is 14.7. The van der Waals surface area contributed by atoms with E-state index in [1.165, 1.54) is 5.56 Å². The number of hydrogen-bond donors (Lipinski definition) is 1. The van der Waals surface area contributed by atoms with Gasteiger partial charge >= 0.3 is 0 Å². The summed E-state index contributed by atoms with van der Waals surface area (Å²) in [6.45, 7) is 2.09. The Hall–Kier alpha value is -2.18. The number of aromatic nitrogens is 2. The van der Waals surface area contributed by atoms with Crippen LogP contribution in [0.2, 0.25) is 0 Å². The number of carbonyl (C=O) groups is 1. The zero-order valence-electron chi connectivity index (χ0n) is 15.6. The minimum Gasteiger partial charge on any atom is -0.368 e. The number of hydrogen-bond acceptors (Lipinski definition) is 4. The SMILES string of the molecule is NC1(C(=O)N2CCC3(CC2)OCCc2cn(-c4ccccc4)nc23)CCC1. The predicted molar refractivity (Wildman–Crippen MR) is 101 cm³/mol. The summed E-state index contributed by atoms with van der Waals surface area (Å²) in [5.74, 6) is 0.120. The molecule has 1 saturated heterocycles. The van der Waals surface area contributed by atoms with Gasteiger partial charge in [-0.05, 0) is 56.2 Å². The van der Waals surface area contributed by atoms with Crippen molar-refractivity contribution in [3.8, 4) is 5.69 Å². The van der Waals surface area contributed by atoms with Crippen LogP contribution in [-0.2, 0) is 21.6 Å². The molecule has 6 heteroatoms. The van der Waals surface area contributed by atoms with Crippen LogP contribution in [0.3, 0.4) is 0 Å². The maximum absolute atomic E-state index is 12.7. The van der Waals surface area contributed by atoms with E-state index in [-0.39, 0.29) is 11.5 Å². The summed E-state index contributed by atoms with van der Waals surface area (Å²) in [5, 5.41) is 4.91. The molecule has 2 aromatic rings. The molecule has 1 spiro atoms. The van der Waals surface area contributed by atoms with Gasteiger partial charge in [0.05, 0.1) is 23.5 Å². The molecule has 0 radical (unpaired) electrons. The monoisotopic (exact) mass is 366 g/mol. The van der Waals surface area contributed by atoms with E-state index in [1.54, 1.807) is 0 Å². The van der Waals surface area contributed by atoms with Crippen LogP contribution in [0.25, 0.3) is 5.69 Å². The van der Waals surface area contributed by atoms with E-state index in [2.05, 4.69) is 18.3 Å². The standard InChI is InChI=1S/C21H26N4O2/c22-20(8-4-9-20)19(26)24-12-10-21(11-13-24)18-16(7-14-27-21)15-25(23-18)17-5-2-1-3-6-17/h1-3,5-6,15H,4,7-14,22H2. The number of fused-ring (bicyclic) bond motifs is 2. The number of para-hydroxylation sites is 1. The largest absolute Gasteiger partial charge is 0.368 e. The molecule has 2 N–H and O–H groups in total. The lowest BCUT2D eigenvalue weighted by atomic mass is 9.75. The third-order valence-corrected chi connectivity index (χ3v) is 6.52. The minimum atomic E-state index is -0.613. The van der Waals surface area contributed by atoms with Gasteiger partial charge in [0.15, 0.2) is 0 Å². The van der Waals surface area contributed by atoms with Gasteiger partial charge in [0.1, 0.15) is 5.60 Å². The molecule has 1 saturated carbocycles. The van der Waals surface area contributed by atoms with Crippen LogP contribution in [0.5, 0.6) is 0 Å². The zero-order chi connectivity index (χ0) is 18.5. The Bertz CT molecular complexity index is 848. The molecule has 0 atom stereocenters. The van der Waals surface area contributed by atoms with E-state index in [1.807, 2.05) is 27.8 Å². The van der Waals surface area contributed by atoms with Crippen molar-refractivity contribution in [1.29, 1.82) is 0 Å². The molecule has 142 valence electrons. The first-order valence-electron chi connectivity index (χ1n) is 9.96. The van der Waals surface area contributed by atoms with Gasteiger partial charge in [0, 0.05) is 19.3 Å². The van der Waals surface area contributed by atoms with E-state index in [9.17, 15) is 4.79 Å². The number of likely N-dealkylation sites (tertiary alicyclic amines) is 1. The second kappa shape index (κ2) is 6.17. The molecule has 1 amide bonds. The highest BCUT2D eigenvalue weighted by molar-refractivity contribution is 5.87. The molecule has 3 heterocycles. The smallest absolute Gasteiger partial charge is 0.242 e. The van der Waals surface area contributed by atoms with Gasteiger partial charge in [0.2, 0.25) is 5.91 Å². The van der Waals surface area contributed by atoms with Crippen LogP contribution in [-0.4, -0.2) is 45.8 Å². The molecule has 1 aromatic heterocycles. The molecule has 1 aliphatic carbocycles. The maximum Gasteiger partial charge on any atom is 0.242 e. The Labute approximate surface area is 159 Å². The van der Waals surface area contributed by atoms with E-state index in [0.717, 1.165) is 49.9 Å². The van der Waals surface area contributed by atoms with Crippen LogP contribution in [0.4, 0.5) is 0 Å². The van der Waals surface area contributed by atoms with Gasteiger partial charge < -0.3 is 15.4 Å². The first-order valence-corrected chi connectivity index (χ1v) is 9.96. The number of amides is 1. The Kier molecular flexibility index (Phi) is 3.88. The maximum atomic E-state index is 12.7. The first kappa shape index (κ1) is 17.0. The van der Waals surface area contributed by atoms with E-state index < -0.39 is 5.54 Å². The topological polar surface area (TPSA) is 73.4 Å². The van der Waals surface area contributed by atoms with Crippen molar-refractivity contribution in [2.24, 2.45) is 5.73 Å². The van der Waals surface area contributed by atoms with Crippen molar-refractivity contribution >= 4 is 5.91 Å². The van der Waals surface area contributed by atoms with Gasteiger partial charge in [0.25, 0.3) is 0 Å². The summed E-state index contributed by atoms with van der Waals surface area (Å²) in [7, 11) is 0. The summed E-state index contributed by atoms with van der Waals surface area (Å²) >= 11 is 0. The lowest BCUT2D eigenvalue weighted by Crippen LogP contribution is -2.61. The molecule has 6 nitrogen and oxygen atoms in total. The second-order valence-corrected chi connectivity index (χ2v) is 8.18. The molecule has 1 aromatic carbocycles. The van der Waals surface area contributed by atoms with E-state index in [4.69, 9.17) is 15.6 Å². The van der Waals surface area contributed by atoms with Crippen LogP contribution in [0.15, 0.2) is 36.5 Å². The van der Waals surface area contributed by atoms with Crippen LogP contribution >= 0.6 is 0 Å². The summed E-state index contributed by atoms with van der Waals surface area (Å²) in [6.07, 6.45) is 7.28. The van der Waals surface area contributed by atoms with Crippen LogP contribution in [0.1, 0.15) is 43.4 Å². The van der Waals surface area contributed by atoms with Crippen molar-refractivity contribution in [3.05, 3.63) is 47.8 Å². The fourth-order valence-corrected chi connectivity index (χ4v) is 4.65. The zero-order valence-corrected chi connectivity index (χ0v) is 15.6. The Morgan fingerprint density at radius 2 is 1.85 bits per heavy atom. The molecule has 3 aliphatic rings. The Morgan fingerprint density at radius 3 is 2.52 bits per heavy atom. The summed E-state index contributed by atoms with van der Waals surface area (Å²) < 4.78 is 8.25. The van der Waals surface area contributed by atoms with Crippen LogP contribution < -0.4 is 5.73 Å². The summed E-state index contributed by atoms with van der Waals surface area (Å²) in [6, 6.07) is 10.2. The van der Waals surface area contributed by atoms with Crippen molar-refractivity contribution in [2.75, 3.05) is 19.7 Å². The highest BCUT2D eigenvalue weighted by atomic mass is 16.5. The molecule has 5 rings (SSSR count). The number of rotatable bonds is 2. The number of carbonyl (C=O) groups excluding carboxylic acids is 1. The highest BCUT2D eigenvalue weighted by Crippen LogP contribution is 2.42. The second-order valence-electron chi connectivity index (χ2n) is 8.18. The molecule has 2 aliphatic heterocycles. The average Bonchev–Trinajstić information content (AvgIpc) is 3.13. The average molecular weight is 366 g/mol. The van der Waals surface area contributed by atoms with Crippen molar-refractivity contribution < 1.29 is 9.53 Å². The molecule has 0 bridgehead atoms. The van der Waals surface area contributed by atoms with Crippen molar-refractivity contribution in [3.63, 3.8) is 0 Å². The van der Waals surface area contributed by atoms with Gasteiger partial charge in [-0.15, -0.1) is 0 Å². The van der Waals surface area contributed by atoms with Gasteiger partial charge in [-0.1, -0.05) is 18.2 Å². The molecular formula is C21H26N4O2. The van der Waals surface area contributed by atoms with Gasteiger partial charge in [-0.2, -0.15) is 5.10 Å². The van der Waals surface area contributed by atoms with Gasteiger partial charge in [-0.3, -0.25) is 4.79 Å². The van der Waals surface area contributed by atoms with Gasteiger partial charge in [-0.25, -0.2) is 4.68 Å². The lowest BCUT2D eigenvalue weighted by molar-refractivity contribution is -0.149. The lowest BCUT2D eigenvalue weighted by Gasteiger charge is -2.46. The quantitative estimate of drug-likeness (QED) is 0.884. The highest BCUT2D eigenvalue weighted by Gasteiger charge is 2.48. The number of benzene rings is 1. The van der Waals surface area contributed by atoms with Crippen LogP contribution in [0, 0.1) is 0 Å². The Balaban J connectivity index is 1.38. The molecule has 0 unspecified atom stereocenters. The normalized spacial score (nSPS) is 22.9. The Morgan fingerprint density at radius 1 is 1.11 bits per heavy atom. The molecule has 27 heavy (non-hydrogen) atoms. The number of ether oxygens (including phenoxy) is 1. The fourth-order valence-electron chi connectivity index (χ4n) is 4.65. The predicted octanol–water partition coefficient (Wildman–Crippen LogP) is 2.14. The molecular weight excluding hydrogens is 340 g/mol. The first-order chi connectivity index (χ1) is 13.1. The number of piperidine rings is 1. The third kappa shape index (κ3) is 2.70. The van der Waals surface area contributed by atoms with E-state index >= 15 is 0 Å². The number of nitrogens with two attached hydrogens (primary N) is 1.